The minimum atomic E-state index is -0.561. The molecular weight excluding hydrogens is 376 g/mol. The molecule has 7 heteroatoms. The third kappa shape index (κ3) is 3.61. The van der Waals surface area contributed by atoms with E-state index in [9.17, 15) is 9.59 Å². The van der Waals surface area contributed by atoms with Gasteiger partial charge in [0.05, 0.1) is 6.54 Å². The number of nitrogens with two attached hydrogens (primary N) is 1. The summed E-state index contributed by atoms with van der Waals surface area (Å²) in [6.07, 6.45) is 3.21. The quantitative estimate of drug-likeness (QED) is 0.559. The number of aromatic nitrogens is 1. The fraction of sp³-hybridized carbons (Fsp3) is 0.238. The number of fused-ring (bicyclic) bond motifs is 1. The number of hydrogen-bond acceptors (Lipinski definition) is 3. The van der Waals surface area contributed by atoms with E-state index in [0.29, 0.717) is 18.0 Å². The molecule has 0 bridgehead atoms. The lowest BCUT2D eigenvalue weighted by Gasteiger charge is -2.13. The van der Waals surface area contributed by atoms with E-state index in [1.54, 1.807) is 12.1 Å². The Morgan fingerprint density at radius 2 is 1.82 bits per heavy atom. The molecule has 28 heavy (non-hydrogen) atoms. The summed E-state index contributed by atoms with van der Waals surface area (Å²) in [5.74, 6) is -0.212. The third-order valence-corrected chi connectivity index (χ3v) is 5.30. The maximum atomic E-state index is 12.8. The number of nitrogens with one attached hydrogen (secondary N) is 2. The molecule has 0 spiro atoms. The summed E-state index contributed by atoms with van der Waals surface area (Å²) in [7, 11) is 0. The van der Waals surface area contributed by atoms with E-state index in [0.717, 1.165) is 34.0 Å². The Morgan fingerprint density at radius 3 is 2.57 bits per heavy atom. The summed E-state index contributed by atoms with van der Waals surface area (Å²) in [5.41, 5.74) is 9.73. The van der Waals surface area contributed by atoms with Crippen LogP contribution in [0, 0.1) is 0 Å². The summed E-state index contributed by atoms with van der Waals surface area (Å²) >= 11 is 5.89. The molecule has 1 aliphatic heterocycles. The maximum Gasteiger partial charge on any atom is 0.325 e. The van der Waals surface area contributed by atoms with Gasteiger partial charge < -0.3 is 16.0 Å². The normalized spacial score (nSPS) is 16.8. The number of aromatic amines is 1. The molecule has 1 aliphatic rings. The van der Waals surface area contributed by atoms with E-state index in [2.05, 4.69) is 16.4 Å². The van der Waals surface area contributed by atoms with Crippen LogP contribution in [0.5, 0.6) is 0 Å². The lowest BCUT2D eigenvalue weighted by Crippen LogP contribution is -2.32. The van der Waals surface area contributed by atoms with Gasteiger partial charge in [0.15, 0.2) is 0 Å². The summed E-state index contributed by atoms with van der Waals surface area (Å²) < 4.78 is 0. The highest BCUT2D eigenvalue weighted by atomic mass is 35.5. The second-order valence-corrected chi connectivity index (χ2v) is 7.43. The summed E-state index contributed by atoms with van der Waals surface area (Å²) in [4.78, 5) is 29.6. The van der Waals surface area contributed by atoms with Crippen LogP contribution in [0.25, 0.3) is 10.9 Å². The molecule has 1 aromatic heterocycles. The molecule has 6 nitrogen and oxygen atoms in total. The van der Waals surface area contributed by atoms with Crippen LogP contribution >= 0.6 is 11.6 Å². The van der Waals surface area contributed by atoms with Crippen molar-refractivity contribution in [2.45, 2.75) is 25.4 Å². The number of nitrogens with zero attached hydrogens (tertiary/aromatic N) is 1. The van der Waals surface area contributed by atoms with Crippen molar-refractivity contribution in [3.05, 3.63) is 70.4 Å². The fourth-order valence-electron chi connectivity index (χ4n) is 3.59. The Kier molecular flexibility index (Phi) is 5.07. The molecule has 3 amide bonds. The van der Waals surface area contributed by atoms with E-state index < -0.39 is 6.04 Å². The fourth-order valence-corrected chi connectivity index (χ4v) is 3.71. The Bertz CT molecular complexity index is 1030. The zero-order chi connectivity index (χ0) is 19.7. The number of urea groups is 1. The lowest BCUT2D eigenvalue weighted by molar-refractivity contribution is -0.127. The van der Waals surface area contributed by atoms with Gasteiger partial charge in [-0.1, -0.05) is 29.8 Å². The van der Waals surface area contributed by atoms with Crippen molar-refractivity contribution in [3.8, 4) is 0 Å². The van der Waals surface area contributed by atoms with Crippen molar-refractivity contribution in [2.24, 2.45) is 5.73 Å². The molecule has 4 N–H and O–H groups in total. The van der Waals surface area contributed by atoms with Gasteiger partial charge in [0.25, 0.3) is 5.91 Å². The largest absolute Gasteiger partial charge is 0.361 e. The van der Waals surface area contributed by atoms with Crippen molar-refractivity contribution in [1.82, 2.24) is 15.2 Å². The van der Waals surface area contributed by atoms with Gasteiger partial charge >= 0.3 is 6.03 Å². The number of halogens is 1. The van der Waals surface area contributed by atoms with E-state index in [4.69, 9.17) is 17.3 Å². The van der Waals surface area contributed by atoms with Gasteiger partial charge in [0.2, 0.25) is 0 Å². The highest BCUT2D eigenvalue weighted by molar-refractivity contribution is 6.30. The molecular formula is C21H21ClN4O2. The highest BCUT2D eigenvalue weighted by Gasteiger charge is 2.37. The number of amides is 3. The predicted molar refractivity (Wildman–Crippen MR) is 109 cm³/mol. The van der Waals surface area contributed by atoms with Gasteiger partial charge in [-0.15, -0.1) is 0 Å². The van der Waals surface area contributed by atoms with Crippen LogP contribution in [0.1, 0.15) is 16.7 Å². The molecule has 1 fully saturated rings. The molecule has 0 saturated carbocycles. The SMILES string of the molecule is NCCc1c[nH]c2ccc(CC3NC(=O)N(Cc4ccc(Cl)cc4)C3=O)cc12. The zero-order valence-corrected chi connectivity index (χ0v) is 16.0. The topological polar surface area (TPSA) is 91.2 Å². The van der Waals surface area contributed by atoms with Crippen LogP contribution in [-0.4, -0.2) is 34.4 Å². The number of benzene rings is 2. The van der Waals surface area contributed by atoms with Crippen molar-refractivity contribution in [1.29, 1.82) is 0 Å². The van der Waals surface area contributed by atoms with E-state index in [-0.39, 0.29) is 18.5 Å². The van der Waals surface area contributed by atoms with Crippen molar-refractivity contribution < 1.29 is 9.59 Å². The van der Waals surface area contributed by atoms with Crippen molar-refractivity contribution >= 4 is 34.4 Å². The number of imide groups is 1. The molecule has 2 heterocycles. The number of carbonyl (C=O) groups excluding carboxylic acids is 2. The number of H-pyrrole nitrogens is 1. The van der Waals surface area contributed by atoms with E-state index in [1.165, 1.54) is 4.90 Å². The van der Waals surface area contributed by atoms with Crippen LogP contribution in [0.15, 0.2) is 48.7 Å². The Hall–Kier alpha value is -2.83. The first-order chi connectivity index (χ1) is 13.5. The molecule has 2 aromatic carbocycles. The summed E-state index contributed by atoms with van der Waals surface area (Å²) in [5, 5.41) is 4.53. The zero-order valence-electron chi connectivity index (χ0n) is 15.2. The average Bonchev–Trinajstić information content (AvgIpc) is 3.20. The van der Waals surface area contributed by atoms with Crippen LogP contribution in [0.4, 0.5) is 4.79 Å². The maximum absolute atomic E-state index is 12.8. The summed E-state index contributed by atoms with van der Waals surface area (Å²) in [6, 6.07) is 12.2. The summed E-state index contributed by atoms with van der Waals surface area (Å²) in [6.45, 7) is 0.809. The van der Waals surface area contributed by atoms with Gasteiger partial charge in [-0.2, -0.15) is 0 Å². The van der Waals surface area contributed by atoms with Gasteiger partial charge in [-0.25, -0.2) is 4.79 Å². The monoisotopic (exact) mass is 396 g/mol. The molecule has 0 aliphatic carbocycles. The molecule has 4 rings (SSSR count). The van der Waals surface area contributed by atoms with Crippen molar-refractivity contribution in [2.75, 3.05) is 6.54 Å². The molecule has 144 valence electrons. The second kappa shape index (κ2) is 7.66. The van der Waals surface area contributed by atoms with Gasteiger partial charge in [-0.05, 0) is 53.9 Å². The minimum absolute atomic E-state index is 0.212. The van der Waals surface area contributed by atoms with Crippen molar-refractivity contribution in [3.63, 3.8) is 0 Å². The minimum Gasteiger partial charge on any atom is -0.361 e. The molecule has 1 unspecified atom stereocenters. The Labute approximate surface area is 167 Å². The van der Waals surface area contributed by atoms with Gasteiger partial charge in [0.1, 0.15) is 6.04 Å². The van der Waals surface area contributed by atoms with Gasteiger partial charge in [0, 0.05) is 28.5 Å². The number of rotatable bonds is 6. The Balaban J connectivity index is 1.50. The first kappa shape index (κ1) is 18.5. The first-order valence-corrected chi connectivity index (χ1v) is 9.58. The van der Waals surface area contributed by atoms with Crippen LogP contribution < -0.4 is 11.1 Å². The molecule has 3 aromatic rings. The Morgan fingerprint density at radius 1 is 1.07 bits per heavy atom. The standard InChI is InChI=1S/C21H21ClN4O2/c22-16-4-1-13(2-5-16)12-26-20(27)19(25-21(26)28)10-14-3-6-18-17(9-14)15(7-8-23)11-24-18/h1-6,9,11,19,24H,7-8,10,12,23H2,(H,25,28). The van der Waals surface area contributed by atoms with E-state index >= 15 is 0 Å². The third-order valence-electron chi connectivity index (χ3n) is 5.05. The molecule has 1 atom stereocenters. The van der Waals surface area contributed by atoms with Crippen LogP contribution in [0.3, 0.4) is 0 Å². The number of hydrogen-bond donors (Lipinski definition) is 3. The smallest absolute Gasteiger partial charge is 0.325 e. The number of carbonyl (C=O) groups is 2. The molecule has 0 radical (unpaired) electrons. The predicted octanol–water partition coefficient (Wildman–Crippen LogP) is 2.99. The molecule has 1 saturated heterocycles. The van der Waals surface area contributed by atoms with Gasteiger partial charge in [-0.3, -0.25) is 9.69 Å². The lowest BCUT2D eigenvalue weighted by atomic mass is 10.0. The second-order valence-electron chi connectivity index (χ2n) is 6.99. The first-order valence-electron chi connectivity index (χ1n) is 9.20. The van der Waals surface area contributed by atoms with E-state index in [1.807, 2.05) is 30.5 Å². The van der Waals surface area contributed by atoms with Crippen LogP contribution in [0.2, 0.25) is 5.02 Å². The average molecular weight is 397 g/mol. The highest BCUT2D eigenvalue weighted by Crippen LogP contribution is 2.22. The van der Waals surface area contributed by atoms with Crippen LogP contribution in [-0.2, 0) is 24.2 Å².